The Morgan fingerprint density at radius 2 is 1.76 bits per heavy atom. The van der Waals surface area contributed by atoms with Gasteiger partial charge in [-0.05, 0) is 37.6 Å². The number of nitrogens with zero attached hydrogens (tertiary/aromatic N) is 1. The van der Waals surface area contributed by atoms with Crippen LogP contribution in [0.3, 0.4) is 0 Å². The zero-order valence-electron chi connectivity index (χ0n) is 15.4. The van der Waals surface area contributed by atoms with Gasteiger partial charge in [0.2, 0.25) is 0 Å². The molecule has 0 aliphatic heterocycles. The molecule has 21 heavy (non-hydrogen) atoms. The van der Waals surface area contributed by atoms with E-state index in [1.165, 1.54) is 12.2 Å². The first-order valence-electron chi connectivity index (χ1n) is 7.51. The summed E-state index contributed by atoms with van der Waals surface area (Å²) in [6.45, 7) is 16.9. The summed E-state index contributed by atoms with van der Waals surface area (Å²) in [4.78, 5) is 17.4. The van der Waals surface area contributed by atoms with Gasteiger partial charge in [0.1, 0.15) is 0 Å². The average Bonchev–Trinajstić information content (AvgIpc) is 2.40. The Balaban J connectivity index is 5.39. The standard InChI is InChI=1S/C16H33NO3Si/c1-11-12(2)14(13(3)15(18)17(7)19-8)20-21(9,10)16(4,5)6/h11,13-14H,1-10H3/b12-11+/t13-,14+/m1/s1. The molecule has 0 N–H and O–H groups in total. The maximum absolute atomic E-state index is 12.4. The van der Waals surface area contributed by atoms with E-state index in [0.717, 1.165) is 5.57 Å². The Hall–Kier alpha value is -0.653. The van der Waals surface area contributed by atoms with Crippen LogP contribution < -0.4 is 0 Å². The van der Waals surface area contributed by atoms with Crippen molar-refractivity contribution < 1.29 is 14.1 Å². The van der Waals surface area contributed by atoms with Gasteiger partial charge in [0.25, 0.3) is 5.91 Å². The molecule has 0 saturated heterocycles. The molecule has 0 radical (unpaired) electrons. The molecule has 0 fully saturated rings. The summed E-state index contributed by atoms with van der Waals surface area (Å²) in [5.74, 6) is -0.345. The first kappa shape index (κ1) is 20.3. The molecule has 0 heterocycles. The maximum atomic E-state index is 12.4. The molecule has 1 amide bonds. The minimum atomic E-state index is -1.95. The molecule has 0 aliphatic carbocycles. The quantitative estimate of drug-likeness (QED) is 0.422. The third-order valence-corrected chi connectivity index (χ3v) is 9.02. The molecule has 0 bridgehead atoms. The molecule has 0 unspecified atom stereocenters. The zero-order valence-corrected chi connectivity index (χ0v) is 16.4. The van der Waals surface area contributed by atoms with E-state index < -0.39 is 8.32 Å². The van der Waals surface area contributed by atoms with E-state index in [9.17, 15) is 4.79 Å². The van der Waals surface area contributed by atoms with E-state index in [4.69, 9.17) is 9.26 Å². The van der Waals surface area contributed by atoms with Crippen molar-refractivity contribution in [3.05, 3.63) is 11.6 Å². The lowest BCUT2D eigenvalue weighted by Gasteiger charge is -2.41. The molecule has 0 spiro atoms. The van der Waals surface area contributed by atoms with Gasteiger partial charge in [-0.25, -0.2) is 5.06 Å². The van der Waals surface area contributed by atoms with E-state index in [0.29, 0.717) is 0 Å². The van der Waals surface area contributed by atoms with Crippen molar-refractivity contribution >= 4 is 14.2 Å². The van der Waals surface area contributed by atoms with E-state index >= 15 is 0 Å². The summed E-state index contributed by atoms with van der Waals surface area (Å²) in [5.41, 5.74) is 1.09. The van der Waals surface area contributed by atoms with E-state index in [-0.39, 0.29) is 23.0 Å². The van der Waals surface area contributed by atoms with Crippen molar-refractivity contribution in [1.82, 2.24) is 5.06 Å². The van der Waals surface area contributed by atoms with Crippen LogP contribution in [0.4, 0.5) is 0 Å². The number of hydrogen-bond donors (Lipinski definition) is 0. The largest absolute Gasteiger partial charge is 0.409 e. The molecule has 0 aliphatic rings. The number of carbonyl (C=O) groups is 1. The maximum Gasteiger partial charge on any atom is 0.251 e. The fraction of sp³-hybridized carbons (Fsp3) is 0.812. The molecular weight excluding hydrogens is 282 g/mol. The smallest absolute Gasteiger partial charge is 0.251 e. The highest BCUT2D eigenvalue weighted by molar-refractivity contribution is 6.74. The monoisotopic (exact) mass is 315 g/mol. The van der Waals surface area contributed by atoms with Crippen LogP contribution in [-0.2, 0) is 14.1 Å². The lowest BCUT2D eigenvalue weighted by atomic mass is 9.97. The van der Waals surface area contributed by atoms with Gasteiger partial charge in [-0.1, -0.05) is 33.8 Å². The molecule has 0 aromatic rings. The van der Waals surface area contributed by atoms with Crippen molar-refractivity contribution in [1.29, 1.82) is 0 Å². The minimum absolute atomic E-state index is 0.0672. The molecule has 124 valence electrons. The predicted molar refractivity (Wildman–Crippen MR) is 90.4 cm³/mol. The topological polar surface area (TPSA) is 38.8 Å². The van der Waals surface area contributed by atoms with E-state index in [2.05, 4.69) is 33.9 Å². The Labute approximate surface area is 131 Å². The number of hydrogen-bond acceptors (Lipinski definition) is 3. The SMILES string of the molecule is C/C=C(\C)[C@H](O[Si](C)(C)C(C)(C)C)[C@@H](C)C(=O)N(C)OC. The third kappa shape index (κ3) is 5.24. The summed E-state index contributed by atoms with van der Waals surface area (Å²) in [6, 6.07) is 0. The second-order valence-electron chi connectivity index (χ2n) is 7.14. The zero-order chi connectivity index (χ0) is 17.0. The van der Waals surface area contributed by atoms with Gasteiger partial charge in [0.05, 0.1) is 19.1 Å². The van der Waals surface area contributed by atoms with Crippen LogP contribution in [0.5, 0.6) is 0 Å². The number of hydroxylamine groups is 2. The van der Waals surface area contributed by atoms with Crippen LogP contribution in [0.2, 0.25) is 18.1 Å². The Morgan fingerprint density at radius 3 is 2.10 bits per heavy atom. The van der Waals surface area contributed by atoms with E-state index in [1.807, 2.05) is 26.8 Å². The van der Waals surface area contributed by atoms with Crippen molar-refractivity contribution in [2.24, 2.45) is 5.92 Å². The lowest BCUT2D eigenvalue weighted by Crippen LogP contribution is -2.48. The second-order valence-corrected chi connectivity index (χ2v) is 11.9. The number of amides is 1. The fourth-order valence-electron chi connectivity index (χ4n) is 1.75. The molecular formula is C16H33NO3Si. The highest BCUT2D eigenvalue weighted by Crippen LogP contribution is 2.39. The Kier molecular flexibility index (Phi) is 7.33. The van der Waals surface area contributed by atoms with Crippen LogP contribution in [0.25, 0.3) is 0 Å². The number of allylic oxidation sites excluding steroid dienone is 1. The summed E-state index contributed by atoms with van der Waals surface area (Å²) in [7, 11) is 1.18. The third-order valence-electron chi connectivity index (χ3n) is 4.56. The molecule has 5 heteroatoms. The number of carbonyl (C=O) groups excluding carboxylic acids is 1. The van der Waals surface area contributed by atoms with Crippen LogP contribution in [-0.4, -0.2) is 39.5 Å². The summed E-state index contributed by atoms with van der Waals surface area (Å²) < 4.78 is 6.50. The van der Waals surface area contributed by atoms with Crippen molar-refractivity contribution in [3.8, 4) is 0 Å². The molecule has 0 aromatic heterocycles. The minimum Gasteiger partial charge on any atom is -0.409 e. The Bertz CT molecular complexity index is 385. The molecule has 2 atom stereocenters. The highest BCUT2D eigenvalue weighted by Gasteiger charge is 2.41. The molecule has 4 nitrogen and oxygen atoms in total. The predicted octanol–water partition coefficient (Wildman–Crippen LogP) is 4.00. The van der Waals surface area contributed by atoms with Crippen LogP contribution >= 0.6 is 0 Å². The summed E-state index contributed by atoms with van der Waals surface area (Å²) >= 11 is 0. The Morgan fingerprint density at radius 1 is 1.29 bits per heavy atom. The van der Waals surface area contributed by atoms with Crippen molar-refractivity contribution in [2.75, 3.05) is 14.2 Å². The van der Waals surface area contributed by atoms with Gasteiger partial charge in [-0.15, -0.1) is 0 Å². The van der Waals surface area contributed by atoms with Gasteiger partial charge in [0.15, 0.2) is 8.32 Å². The molecule has 0 saturated carbocycles. The van der Waals surface area contributed by atoms with Gasteiger partial charge in [-0.2, -0.15) is 0 Å². The van der Waals surface area contributed by atoms with Gasteiger partial charge in [0, 0.05) is 7.05 Å². The lowest BCUT2D eigenvalue weighted by molar-refractivity contribution is -0.175. The van der Waals surface area contributed by atoms with Crippen LogP contribution in [0.1, 0.15) is 41.5 Å². The molecule has 0 aromatic carbocycles. The fourth-order valence-corrected chi connectivity index (χ4v) is 3.13. The van der Waals surface area contributed by atoms with Gasteiger partial charge in [-0.3, -0.25) is 9.63 Å². The van der Waals surface area contributed by atoms with Gasteiger partial charge < -0.3 is 4.43 Å². The summed E-state index contributed by atoms with van der Waals surface area (Å²) in [5, 5.41) is 1.38. The van der Waals surface area contributed by atoms with Crippen LogP contribution in [0.15, 0.2) is 11.6 Å². The first-order valence-corrected chi connectivity index (χ1v) is 10.4. The van der Waals surface area contributed by atoms with Gasteiger partial charge >= 0.3 is 0 Å². The normalized spacial score (nSPS) is 16.6. The first-order chi connectivity index (χ1) is 9.39. The van der Waals surface area contributed by atoms with Crippen LogP contribution in [0, 0.1) is 5.92 Å². The van der Waals surface area contributed by atoms with Crippen molar-refractivity contribution in [3.63, 3.8) is 0 Å². The highest BCUT2D eigenvalue weighted by atomic mass is 28.4. The number of rotatable bonds is 6. The van der Waals surface area contributed by atoms with Crippen molar-refractivity contribution in [2.45, 2.75) is 65.8 Å². The molecule has 0 rings (SSSR count). The second kappa shape index (κ2) is 7.56. The summed E-state index contributed by atoms with van der Waals surface area (Å²) in [6.07, 6.45) is 1.81. The average molecular weight is 316 g/mol. The van der Waals surface area contributed by atoms with E-state index in [1.54, 1.807) is 7.05 Å².